The Kier molecular flexibility index (Phi) is 9.97. The molecular weight excluding hydrogens is 793 g/mol. The van der Waals surface area contributed by atoms with Gasteiger partial charge in [0.25, 0.3) is 0 Å². The van der Waals surface area contributed by atoms with Crippen LogP contribution >= 0.6 is 0 Å². The number of rotatable bonds is 8. The summed E-state index contributed by atoms with van der Waals surface area (Å²) in [5, 5.41) is 2.36. The quantitative estimate of drug-likeness (QED) is 0.113. The molecule has 0 amide bonds. The molecule has 1 aliphatic rings. The van der Waals surface area contributed by atoms with E-state index < -0.39 is 0 Å². The molecule has 0 saturated heterocycles. The van der Waals surface area contributed by atoms with Crippen molar-refractivity contribution in [1.29, 1.82) is 0 Å². The second-order valence-electron chi connectivity index (χ2n) is 16.9. The van der Waals surface area contributed by atoms with Gasteiger partial charge in [-0.05, 0) is 65.4 Å². The molecular formula is C59H44N6. The molecule has 0 spiro atoms. The molecule has 6 nitrogen and oxygen atoms in total. The van der Waals surface area contributed by atoms with Crippen LogP contribution in [0.2, 0.25) is 0 Å². The van der Waals surface area contributed by atoms with Crippen molar-refractivity contribution in [2.75, 3.05) is 0 Å². The second kappa shape index (κ2) is 16.4. The highest BCUT2D eigenvalue weighted by Crippen LogP contribution is 2.51. The Bertz CT molecular complexity index is 3460. The van der Waals surface area contributed by atoms with Crippen LogP contribution in [0.5, 0.6) is 0 Å². The molecule has 2 aromatic heterocycles. The largest absolute Gasteiger partial charge is 0.309 e. The number of nitrogens with zero attached hydrogens (tertiary/aromatic N) is 6. The Morgan fingerprint density at radius 3 is 1.83 bits per heavy atom. The van der Waals surface area contributed by atoms with Gasteiger partial charge in [-0.1, -0.05) is 184 Å². The highest BCUT2D eigenvalue weighted by atomic mass is 15.0. The Labute approximate surface area is 378 Å². The predicted octanol–water partition coefficient (Wildman–Crippen LogP) is 14.0. The molecule has 1 aliphatic carbocycles. The molecule has 2 heterocycles. The number of para-hydroxylation sites is 2. The van der Waals surface area contributed by atoms with Crippen LogP contribution in [-0.2, 0) is 12.0 Å². The first-order chi connectivity index (χ1) is 31.9. The average Bonchev–Trinajstić information content (AvgIpc) is 3.82. The van der Waals surface area contributed by atoms with Crippen molar-refractivity contribution in [3.63, 3.8) is 0 Å². The Balaban J connectivity index is 0.978. The van der Waals surface area contributed by atoms with Gasteiger partial charge in [-0.3, -0.25) is 4.99 Å². The Morgan fingerprint density at radius 2 is 1.09 bits per heavy atom. The van der Waals surface area contributed by atoms with Crippen LogP contribution in [0.3, 0.4) is 0 Å². The minimum atomic E-state index is -0.300. The third-order valence-electron chi connectivity index (χ3n) is 12.6. The van der Waals surface area contributed by atoms with Crippen molar-refractivity contribution in [3.8, 4) is 50.7 Å². The van der Waals surface area contributed by atoms with E-state index in [2.05, 4.69) is 188 Å². The molecule has 0 bridgehead atoms. The maximum Gasteiger partial charge on any atom is 0.161 e. The molecule has 65 heavy (non-hydrogen) atoms. The summed E-state index contributed by atoms with van der Waals surface area (Å²) in [7, 11) is 0. The highest BCUT2D eigenvalue weighted by molar-refractivity contribution is 6.13. The van der Waals surface area contributed by atoms with Gasteiger partial charge < -0.3 is 4.57 Å². The summed E-state index contributed by atoms with van der Waals surface area (Å²) in [6, 6.07) is 71.8. The summed E-state index contributed by atoms with van der Waals surface area (Å²) >= 11 is 0. The van der Waals surface area contributed by atoms with Gasteiger partial charge in [0.05, 0.1) is 29.0 Å². The fraction of sp³-hybridized carbons (Fsp3) is 0.0678. The first-order valence-corrected chi connectivity index (χ1v) is 22.0. The van der Waals surface area contributed by atoms with Crippen molar-refractivity contribution in [3.05, 3.63) is 234 Å². The molecule has 0 unspecified atom stereocenters. The molecule has 0 atom stereocenters. The van der Waals surface area contributed by atoms with Gasteiger partial charge in [-0.2, -0.15) is 0 Å². The van der Waals surface area contributed by atoms with Gasteiger partial charge >= 0.3 is 0 Å². The highest BCUT2D eigenvalue weighted by Gasteiger charge is 2.40. The van der Waals surface area contributed by atoms with E-state index >= 15 is 0 Å². The normalized spacial score (nSPS) is 13.2. The van der Waals surface area contributed by atoms with E-state index in [1.54, 1.807) is 0 Å². The lowest BCUT2D eigenvalue weighted by molar-refractivity contribution is 0.658. The van der Waals surface area contributed by atoms with Gasteiger partial charge in [-0.25, -0.2) is 20.0 Å². The lowest BCUT2D eigenvalue weighted by Crippen LogP contribution is -2.17. The zero-order valence-corrected chi connectivity index (χ0v) is 36.2. The number of hydrogen-bond acceptors (Lipinski definition) is 3. The van der Waals surface area contributed by atoms with Crippen molar-refractivity contribution >= 4 is 40.2 Å². The molecule has 0 fully saturated rings. The maximum atomic E-state index is 5.48. The van der Waals surface area contributed by atoms with Crippen molar-refractivity contribution < 1.29 is 0 Å². The summed E-state index contributed by atoms with van der Waals surface area (Å²) < 4.78 is 2.34. The van der Waals surface area contributed by atoms with Gasteiger partial charge in [-0.15, -0.1) is 0 Å². The molecule has 0 aliphatic heterocycles. The lowest BCUT2D eigenvalue weighted by atomic mass is 9.80. The number of hydrogen-bond donors (Lipinski definition) is 0. The first-order valence-electron chi connectivity index (χ1n) is 22.0. The van der Waals surface area contributed by atoms with Crippen LogP contribution in [0.4, 0.5) is 0 Å². The van der Waals surface area contributed by atoms with Crippen LogP contribution in [0.15, 0.2) is 221 Å². The van der Waals surface area contributed by atoms with Crippen LogP contribution in [0.25, 0.3) is 72.5 Å². The standard InChI is InChI=1S/C59H44N6/c1-59(2)50-25-15-13-24-48(50)55-53(59)54(62-58(63-55)45-35-36-52-49(37-45)47-23-14-16-26-51(47)65(52)46-21-11-6-12-22-46)42-31-27-40(28-32-42)41-29-33-44(34-30-41)57(61-38-39-17-7-4-8-18-39)64-56(60-3)43-19-9-5-10-20-43/h4-37H,3,38H2,1-2H3. The smallest absolute Gasteiger partial charge is 0.161 e. The lowest BCUT2D eigenvalue weighted by Gasteiger charge is -2.24. The maximum absolute atomic E-state index is 5.48. The summed E-state index contributed by atoms with van der Waals surface area (Å²) in [5.74, 6) is 1.83. The molecule has 0 saturated carbocycles. The van der Waals surface area contributed by atoms with Crippen LogP contribution < -0.4 is 0 Å². The monoisotopic (exact) mass is 836 g/mol. The molecule has 11 rings (SSSR count). The molecule has 8 aromatic carbocycles. The van der Waals surface area contributed by atoms with Crippen molar-refractivity contribution in [2.45, 2.75) is 25.8 Å². The zero-order valence-electron chi connectivity index (χ0n) is 36.2. The minimum Gasteiger partial charge on any atom is -0.309 e. The fourth-order valence-corrected chi connectivity index (χ4v) is 9.37. The van der Waals surface area contributed by atoms with Gasteiger partial charge in [0.15, 0.2) is 17.5 Å². The fourth-order valence-electron chi connectivity index (χ4n) is 9.37. The van der Waals surface area contributed by atoms with Gasteiger partial charge in [0, 0.05) is 55.3 Å². The van der Waals surface area contributed by atoms with E-state index in [4.69, 9.17) is 20.0 Å². The number of aliphatic imine (C=N–C) groups is 3. The third-order valence-corrected chi connectivity index (χ3v) is 12.6. The van der Waals surface area contributed by atoms with E-state index in [9.17, 15) is 0 Å². The summed E-state index contributed by atoms with van der Waals surface area (Å²) in [4.78, 5) is 25.1. The molecule has 0 radical (unpaired) electrons. The van der Waals surface area contributed by atoms with Gasteiger partial charge in [0.1, 0.15) is 0 Å². The number of benzene rings is 8. The molecule has 10 aromatic rings. The Hall–Kier alpha value is -8.35. The van der Waals surface area contributed by atoms with Crippen LogP contribution in [-0.4, -0.2) is 32.9 Å². The summed E-state index contributed by atoms with van der Waals surface area (Å²) in [5.41, 5.74) is 15.7. The van der Waals surface area contributed by atoms with E-state index in [0.29, 0.717) is 24.0 Å². The van der Waals surface area contributed by atoms with Crippen molar-refractivity contribution in [2.24, 2.45) is 15.0 Å². The summed E-state index contributed by atoms with van der Waals surface area (Å²) in [6.07, 6.45) is 0. The number of fused-ring (bicyclic) bond motifs is 6. The molecule has 0 N–H and O–H groups in total. The van der Waals surface area contributed by atoms with E-state index in [1.807, 2.05) is 48.5 Å². The number of aromatic nitrogens is 3. The minimum absolute atomic E-state index is 0.300. The van der Waals surface area contributed by atoms with E-state index in [1.165, 1.54) is 21.9 Å². The molecule has 6 heteroatoms. The molecule has 310 valence electrons. The topological polar surface area (TPSA) is 67.8 Å². The second-order valence-corrected chi connectivity index (χ2v) is 16.9. The van der Waals surface area contributed by atoms with E-state index in [0.717, 1.165) is 72.7 Å². The van der Waals surface area contributed by atoms with Crippen LogP contribution in [0, 0.1) is 0 Å². The third kappa shape index (κ3) is 7.15. The average molecular weight is 837 g/mol. The predicted molar refractivity (Wildman–Crippen MR) is 269 cm³/mol. The Morgan fingerprint density at radius 1 is 0.523 bits per heavy atom. The zero-order chi connectivity index (χ0) is 43.9. The van der Waals surface area contributed by atoms with Crippen molar-refractivity contribution in [1.82, 2.24) is 14.5 Å². The number of amidine groups is 2. The van der Waals surface area contributed by atoms with Crippen LogP contribution in [0.1, 0.15) is 41.7 Å². The SMILES string of the molecule is C=NC(=NC(=NCc1ccccc1)c1ccc(-c2ccc(-c3nc(-c4ccc5c(c4)c4ccccc4n5-c4ccccc4)nc4c3C(C)(C)c3ccccc3-4)cc2)cc1)c1ccccc1. The first kappa shape index (κ1) is 39.5. The van der Waals surface area contributed by atoms with E-state index in [-0.39, 0.29) is 5.41 Å². The van der Waals surface area contributed by atoms with Gasteiger partial charge in [0.2, 0.25) is 0 Å². The summed E-state index contributed by atoms with van der Waals surface area (Å²) in [6.45, 7) is 8.90.